The molecule has 5 aromatic rings. The molecule has 1 heterocycles. The van der Waals surface area contributed by atoms with Gasteiger partial charge in [-0.1, -0.05) is 72.8 Å². The summed E-state index contributed by atoms with van der Waals surface area (Å²) in [6.07, 6.45) is 0.965. The number of carbonyl (C=O) groups is 1. The van der Waals surface area contributed by atoms with Crippen LogP contribution in [0.3, 0.4) is 0 Å². The fourth-order valence-electron chi connectivity index (χ4n) is 4.21. The summed E-state index contributed by atoms with van der Waals surface area (Å²) in [6, 6.07) is 30.4. The van der Waals surface area contributed by atoms with Gasteiger partial charge in [-0.25, -0.2) is 0 Å². The van der Waals surface area contributed by atoms with Gasteiger partial charge in [0.1, 0.15) is 12.4 Å². The molecular weight excluding hydrogens is 370 g/mol. The topological polar surface area (TPSA) is 31.2 Å². The van der Waals surface area contributed by atoms with Gasteiger partial charge in [0.05, 0.1) is 5.69 Å². The maximum Gasteiger partial charge on any atom is 0.152 e. The number of aromatic nitrogens is 1. The van der Waals surface area contributed by atoms with Crippen LogP contribution < -0.4 is 4.74 Å². The molecule has 5 rings (SSSR count). The summed E-state index contributed by atoms with van der Waals surface area (Å²) in [7, 11) is 2.01. The van der Waals surface area contributed by atoms with Crippen molar-refractivity contribution in [2.45, 2.75) is 6.61 Å². The van der Waals surface area contributed by atoms with Gasteiger partial charge in [0.2, 0.25) is 0 Å². The number of ether oxygens (including phenoxy) is 1. The van der Waals surface area contributed by atoms with Gasteiger partial charge >= 0.3 is 0 Å². The second-order valence-electron chi connectivity index (χ2n) is 7.39. The summed E-state index contributed by atoms with van der Waals surface area (Å²) in [5, 5.41) is 3.07. The lowest BCUT2D eigenvalue weighted by molar-refractivity contribution is 0.112. The SMILES string of the molecule is Cn1c(-c2ccc(OCc3ccccc3)c3ccccc23)c(C=O)c2ccccc21. The molecule has 0 aliphatic heterocycles. The van der Waals surface area contributed by atoms with Crippen molar-refractivity contribution < 1.29 is 9.53 Å². The monoisotopic (exact) mass is 391 g/mol. The van der Waals surface area contributed by atoms with Crippen molar-refractivity contribution in [2.75, 3.05) is 0 Å². The number of aldehydes is 1. The molecule has 0 radical (unpaired) electrons. The Morgan fingerprint density at radius 2 is 1.43 bits per heavy atom. The first-order valence-electron chi connectivity index (χ1n) is 9.99. The predicted molar refractivity (Wildman–Crippen MR) is 122 cm³/mol. The molecule has 0 aliphatic carbocycles. The van der Waals surface area contributed by atoms with E-state index in [0.717, 1.165) is 56.1 Å². The molecule has 0 unspecified atom stereocenters. The van der Waals surface area contributed by atoms with E-state index in [1.54, 1.807) is 0 Å². The largest absolute Gasteiger partial charge is 0.488 e. The van der Waals surface area contributed by atoms with Crippen molar-refractivity contribution in [1.29, 1.82) is 0 Å². The lowest BCUT2D eigenvalue weighted by Gasteiger charge is -2.14. The minimum atomic E-state index is 0.512. The molecule has 0 aliphatic rings. The van der Waals surface area contributed by atoms with Crippen LogP contribution in [0.5, 0.6) is 5.75 Å². The standard InChI is InChI=1S/C27H21NO2/c1-28-25-14-8-7-12-21(25)24(17-29)27(28)23-15-16-26(22-13-6-5-11-20(22)23)30-18-19-9-3-2-4-10-19/h2-17H,18H2,1H3. The van der Waals surface area contributed by atoms with E-state index < -0.39 is 0 Å². The van der Waals surface area contributed by atoms with Gasteiger partial charge in [0, 0.05) is 34.5 Å². The number of fused-ring (bicyclic) bond motifs is 2. The zero-order valence-electron chi connectivity index (χ0n) is 16.7. The summed E-state index contributed by atoms with van der Waals surface area (Å²) in [5.74, 6) is 0.838. The first-order chi connectivity index (χ1) is 14.8. The van der Waals surface area contributed by atoms with E-state index in [2.05, 4.69) is 34.9 Å². The van der Waals surface area contributed by atoms with Gasteiger partial charge in [-0.15, -0.1) is 0 Å². The van der Waals surface area contributed by atoms with E-state index >= 15 is 0 Å². The van der Waals surface area contributed by atoms with Crippen LogP contribution in [-0.4, -0.2) is 10.9 Å². The fraction of sp³-hybridized carbons (Fsp3) is 0.0741. The first kappa shape index (κ1) is 18.2. The number of benzene rings is 4. The molecule has 0 bridgehead atoms. The fourth-order valence-corrected chi connectivity index (χ4v) is 4.21. The van der Waals surface area contributed by atoms with Gasteiger partial charge in [0.15, 0.2) is 6.29 Å². The Morgan fingerprint density at radius 1 is 0.767 bits per heavy atom. The Bertz CT molecular complexity index is 1370. The normalized spacial score (nSPS) is 11.1. The van der Waals surface area contributed by atoms with E-state index in [0.29, 0.717) is 6.61 Å². The van der Waals surface area contributed by atoms with Crippen molar-refractivity contribution in [2.24, 2.45) is 7.05 Å². The van der Waals surface area contributed by atoms with E-state index in [1.165, 1.54) is 0 Å². The number of carbonyl (C=O) groups excluding carboxylic acids is 1. The van der Waals surface area contributed by atoms with Gasteiger partial charge in [-0.2, -0.15) is 0 Å². The van der Waals surface area contributed by atoms with Crippen molar-refractivity contribution >= 4 is 28.0 Å². The first-order valence-corrected chi connectivity index (χ1v) is 9.99. The highest BCUT2D eigenvalue weighted by atomic mass is 16.5. The van der Waals surface area contributed by atoms with E-state index in [9.17, 15) is 4.79 Å². The predicted octanol–water partition coefficient (Wildman–Crippen LogP) is 6.39. The molecule has 3 nitrogen and oxygen atoms in total. The second kappa shape index (κ2) is 7.53. The summed E-state index contributed by atoms with van der Waals surface area (Å²) in [4.78, 5) is 12.1. The zero-order valence-corrected chi connectivity index (χ0v) is 16.7. The Labute approximate surface area is 175 Å². The molecule has 0 atom stereocenters. The van der Waals surface area contributed by atoms with Crippen molar-refractivity contribution in [3.05, 3.63) is 102 Å². The number of para-hydroxylation sites is 1. The molecule has 146 valence electrons. The highest BCUT2D eigenvalue weighted by Gasteiger charge is 2.18. The van der Waals surface area contributed by atoms with Crippen LogP contribution in [0, 0.1) is 0 Å². The van der Waals surface area contributed by atoms with Crippen LogP contribution in [0.1, 0.15) is 15.9 Å². The lowest BCUT2D eigenvalue weighted by Crippen LogP contribution is -1.98. The van der Waals surface area contributed by atoms with Crippen LogP contribution in [0.4, 0.5) is 0 Å². The maximum atomic E-state index is 12.1. The van der Waals surface area contributed by atoms with Crippen LogP contribution >= 0.6 is 0 Å². The van der Waals surface area contributed by atoms with E-state index in [1.807, 2.05) is 67.7 Å². The van der Waals surface area contributed by atoms with E-state index in [-0.39, 0.29) is 0 Å². The lowest BCUT2D eigenvalue weighted by atomic mass is 9.98. The summed E-state index contributed by atoms with van der Waals surface area (Å²) >= 11 is 0. The summed E-state index contributed by atoms with van der Waals surface area (Å²) in [6.45, 7) is 0.512. The zero-order chi connectivity index (χ0) is 20.5. The molecule has 0 N–H and O–H groups in total. The number of aryl methyl sites for hydroxylation is 1. The third-order valence-electron chi connectivity index (χ3n) is 5.64. The van der Waals surface area contributed by atoms with Gasteiger partial charge in [-0.3, -0.25) is 4.79 Å². The van der Waals surface area contributed by atoms with E-state index in [4.69, 9.17) is 4.74 Å². The molecule has 30 heavy (non-hydrogen) atoms. The Balaban J connectivity index is 1.67. The quantitative estimate of drug-likeness (QED) is 0.325. The summed E-state index contributed by atoms with van der Waals surface area (Å²) in [5.41, 5.74) is 4.84. The smallest absolute Gasteiger partial charge is 0.152 e. The van der Waals surface area contributed by atoms with Gasteiger partial charge < -0.3 is 9.30 Å². The highest BCUT2D eigenvalue weighted by molar-refractivity contribution is 6.09. The Morgan fingerprint density at radius 3 is 2.20 bits per heavy atom. The van der Waals surface area contributed by atoms with Crippen LogP contribution in [0.25, 0.3) is 32.9 Å². The average molecular weight is 391 g/mol. The minimum Gasteiger partial charge on any atom is -0.488 e. The molecule has 0 amide bonds. The number of hydrogen-bond donors (Lipinski definition) is 0. The van der Waals surface area contributed by atoms with Crippen LogP contribution in [0.2, 0.25) is 0 Å². The molecule has 0 saturated carbocycles. The van der Waals surface area contributed by atoms with Crippen LogP contribution in [-0.2, 0) is 13.7 Å². The number of nitrogens with zero attached hydrogens (tertiary/aromatic N) is 1. The van der Waals surface area contributed by atoms with Crippen molar-refractivity contribution in [3.63, 3.8) is 0 Å². The Kier molecular flexibility index (Phi) is 4.56. The Hall–Kier alpha value is -3.85. The third-order valence-corrected chi connectivity index (χ3v) is 5.64. The molecule has 1 aromatic heterocycles. The molecule has 4 aromatic carbocycles. The number of hydrogen-bond acceptors (Lipinski definition) is 2. The average Bonchev–Trinajstić information content (AvgIpc) is 3.10. The summed E-state index contributed by atoms with van der Waals surface area (Å²) < 4.78 is 8.27. The molecule has 0 saturated heterocycles. The van der Waals surface area contributed by atoms with Gasteiger partial charge in [0.25, 0.3) is 0 Å². The highest BCUT2D eigenvalue weighted by Crippen LogP contribution is 2.39. The van der Waals surface area contributed by atoms with Crippen LogP contribution in [0.15, 0.2) is 91.0 Å². The molecule has 0 spiro atoms. The minimum absolute atomic E-state index is 0.512. The third kappa shape index (κ3) is 2.96. The maximum absolute atomic E-state index is 12.1. The molecule has 3 heteroatoms. The number of rotatable bonds is 5. The second-order valence-corrected chi connectivity index (χ2v) is 7.39. The molecular formula is C27H21NO2. The van der Waals surface area contributed by atoms with Gasteiger partial charge in [-0.05, 0) is 29.1 Å². The van der Waals surface area contributed by atoms with Crippen molar-refractivity contribution in [1.82, 2.24) is 4.57 Å². The van der Waals surface area contributed by atoms with Crippen molar-refractivity contribution in [3.8, 4) is 17.0 Å². The molecule has 0 fully saturated rings.